The summed E-state index contributed by atoms with van der Waals surface area (Å²) in [5.41, 5.74) is 5.36. The zero-order valence-corrected chi connectivity index (χ0v) is 40.8. The number of carbonyl (C=O) groups excluding carboxylic acids is 9. The number of carboxylic acid groups (broad SMARTS) is 2. The fourth-order valence-electron chi connectivity index (χ4n) is 6.14. The Morgan fingerprint density at radius 2 is 0.855 bits per heavy atom. The van der Waals surface area contributed by atoms with Gasteiger partial charge in [-0.05, 0) is 70.3 Å². The second kappa shape index (κ2) is 32.2. The molecule has 0 unspecified atom stereocenters. The Bertz CT molecular complexity index is 1770. The van der Waals surface area contributed by atoms with Crippen molar-refractivity contribution in [2.75, 3.05) is 31.8 Å². The molecule has 69 heavy (non-hydrogen) atoms. The Labute approximate surface area is 403 Å². The lowest BCUT2D eigenvalue weighted by molar-refractivity contribution is -0.143. The molecule has 0 spiro atoms. The highest BCUT2D eigenvalue weighted by atomic mass is 32.2. The topological polar surface area (TPSA) is 443 Å². The number of aliphatic hydroxyl groups is 4. The molecule has 17 N–H and O–H groups in total. The maximum Gasteiger partial charge on any atom is 0.328 e. The molecular weight excluding hydrogens is 937 g/mol. The summed E-state index contributed by atoms with van der Waals surface area (Å²) in [5.74, 6) is -12.1. The normalized spacial score (nSPS) is 16.0. The Morgan fingerprint density at radius 1 is 0.478 bits per heavy atom. The summed E-state index contributed by atoms with van der Waals surface area (Å²) >= 11 is 1.37. The molecule has 0 saturated heterocycles. The highest BCUT2D eigenvalue weighted by molar-refractivity contribution is 7.98. The third-order valence-corrected chi connectivity index (χ3v) is 10.5. The average molecular weight is 1010 g/mol. The lowest BCUT2D eigenvalue weighted by Crippen LogP contribution is -2.63. The van der Waals surface area contributed by atoms with Gasteiger partial charge in [-0.25, -0.2) is 4.79 Å². The molecule has 0 rings (SSSR count). The van der Waals surface area contributed by atoms with Crippen LogP contribution < -0.4 is 53.6 Å². The molecule has 0 aromatic carbocycles. The number of hydrogen-bond donors (Lipinski definition) is 16. The van der Waals surface area contributed by atoms with Crippen LogP contribution in [0.4, 0.5) is 0 Å². The van der Waals surface area contributed by atoms with Crippen LogP contribution in [0.3, 0.4) is 0 Å². The van der Waals surface area contributed by atoms with Crippen LogP contribution in [0.2, 0.25) is 0 Å². The minimum atomic E-state index is -1.80. The molecule has 28 heteroatoms. The van der Waals surface area contributed by atoms with Crippen LogP contribution in [0.25, 0.3) is 0 Å². The number of aliphatic hydroxyl groups excluding tert-OH is 4. The SMILES string of the molecule is CSCC[C@H](NC(=O)CN)C(=O)N[C@H](C(=O)N[C@H](C(=O)N[C@@H](CC(C)C)C(=O)N[C@@H](CO)C(=O)N[C@@H](C)C(=O)N[C@@H](CCC(=O)O)C(=O)N[C@@H](CC(C)C)C(=O)N[C@@H](CO)C(=O)O)[C@@H](C)O)[C@@H](C)O. The summed E-state index contributed by atoms with van der Waals surface area (Å²) in [4.78, 5) is 141. The van der Waals surface area contributed by atoms with Gasteiger partial charge in [0.2, 0.25) is 53.2 Å². The maximum absolute atomic E-state index is 13.6. The van der Waals surface area contributed by atoms with Gasteiger partial charge in [0.1, 0.15) is 54.4 Å². The van der Waals surface area contributed by atoms with Gasteiger partial charge in [-0.3, -0.25) is 47.9 Å². The first kappa shape index (κ1) is 63.3. The van der Waals surface area contributed by atoms with Gasteiger partial charge in [0.25, 0.3) is 0 Å². The number of carboxylic acids is 2. The molecule has 394 valence electrons. The largest absolute Gasteiger partial charge is 0.481 e. The van der Waals surface area contributed by atoms with E-state index in [9.17, 15) is 83.4 Å². The van der Waals surface area contributed by atoms with Crippen molar-refractivity contribution >= 4 is 76.9 Å². The monoisotopic (exact) mass is 1010 g/mol. The van der Waals surface area contributed by atoms with E-state index in [0.29, 0.717) is 5.75 Å². The molecular formula is C41H72N10O17S. The summed E-state index contributed by atoms with van der Waals surface area (Å²) in [6.45, 7) is 7.69. The van der Waals surface area contributed by atoms with E-state index < -0.39 is 164 Å². The second-order valence-electron chi connectivity index (χ2n) is 17.0. The first-order valence-corrected chi connectivity index (χ1v) is 23.5. The average Bonchev–Trinajstić information content (AvgIpc) is 3.26. The number of rotatable bonds is 33. The van der Waals surface area contributed by atoms with Crippen molar-refractivity contribution in [3.63, 3.8) is 0 Å². The second-order valence-corrected chi connectivity index (χ2v) is 18.0. The van der Waals surface area contributed by atoms with Crippen LogP contribution >= 0.6 is 11.8 Å². The molecule has 0 aromatic heterocycles. The van der Waals surface area contributed by atoms with E-state index in [1.165, 1.54) is 11.8 Å². The van der Waals surface area contributed by atoms with Crippen molar-refractivity contribution in [1.29, 1.82) is 0 Å². The van der Waals surface area contributed by atoms with Gasteiger partial charge in [-0.15, -0.1) is 0 Å². The third-order valence-electron chi connectivity index (χ3n) is 9.90. The summed E-state index contributed by atoms with van der Waals surface area (Å²) < 4.78 is 0. The first-order valence-electron chi connectivity index (χ1n) is 22.1. The summed E-state index contributed by atoms with van der Waals surface area (Å²) in [7, 11) is 0. The number of nitrogens with one attached hydrogen (secondary N) is 9. The van der Waals surface area contributed by atoms with Crippen molar-refractivity contribution in [3.05, 3.63) is 0 Å². The van der Waals surface area contributed by atoms with Gasteiger partial charge < -0.3 is 84.2 Å². The van der Waals surface area contributed by atoms with Gasteiger partial charge in [0.15, 0.2) is 0 Å². The van der Waals surface area contributed by atoms with E-state index in [1.54, 1.807) is 34.0 Å². The molecule has 9 amide bonds. The highest BCUT2D eigenvalue weighted by Gasteiger charge is 2.37. The van der Waals surface area contributed by atoms with Crippen LogP contribution in [-0.2, 0) is 52.7 Å². The van der Waals surface area contributed by atoms with Crippen molar-refractivity contribution < 1.29 is 83.4 Å². The molecule has 27 nitrogen and oxygen atoms in total. The van der Waals surface area contributed by atoms with Crippen molar-refractivity contribution in [1.82, 2.24) is 47.9 Å². The lowest BCUT2D eigenvalue weighted by atomic mass is 10.0. The lowest BCUT2D eigenvalue weighted by Gasteiger charge is -2.29. The van der Waals surface area contributed by atoms with E-state index in [2.05, 4.69) is 47.9 Å². The minimum absolute atomic E-state index is 0.0419. The molecule has 0 radical (unpaired) electrons. The summed E-state index contributed by atoms with van der Waals surface area (Å²) in [5, 5.41) is 79.6. The fraction of sp³-hybridized carbons (Fsp3) is 0.732. The van der Waals surface area contributed by atoms with Crippen LogP contribution in [0.1, 0.15) is 80.6 Å². The van der Waals surface area contributed by atoms with Crippen LogP contribution in [0.15, 0.2) is 0 Å². The zero-order valence-electron chi connectivity index (χ0n) is 40.0. The Hall–Kier alpha value is -5.68. The molecule has 0 bridgehead atoms. The number of nitrogens with two attached hydrogens (primary N) is 1. The fourth-order valence-corrected chi connectivity index (χ4v) is 6.61. The van der Waals surface area contributed by atoms with E-state index in [0.717, 1.165) is 20.8 Å². The van der Waals surface area contributed by atoms with Gasteiger partial charge in [-0.1, -0.05) is 27.7 Å². The predicted octanol–water partition coefficient (Wildman–Crippen LogP) is -6.13. The number of amides is 9. The molecule has 0 heterocycles. The van der Waals surface area contributed by atoms with E-state index in [4.69, 9.17) is 5.73 Å². The standard InChI is InChI=1S/C41H72N10O17S/c1-18(2)13-25(37(63)49-28(17-53)41(67)68)46-34(60)23(9-10-30(57)58)45-33(59)20(5)43-38(64)27(16-52)48-36(62)26(14-19(3)4)47-39(65)31(21(6)54)51-40(66)32(22(7)55)50-35(61)24(11-12-69-8)44-29(56)15-42/h18-28,31-32,52-55H,9-17,42H2,1-8H3,(H,43,64)(H,44,56)(H,45,59)(H,46,60)(H,47,65)(H,48,62)(H,49,63)(H,50,61)(H,51,66)(H,57,58)(H,67,68)/t20-,21+,22+,23-,24-,25-,26-,27-,28-,31-,32-/m0/s1. The molecule has 11 atom stereocenters. The van der Waals surface area contributed by atoms with Gasteiger partial charge in [0, 0.05) is 6.42 Å². The van der Waals surface area contributed by atoms with Crippen LogP contribution in [0, 0.1) is 11.8 Å². The van der Waals surface area contributed by atoms with E-state index in [1.807, 2.05) is 0 Å². The Morgan fingerprint density at radius 3 is 1.28 bits per heavy atom. The van der Waals surface area contributed by atoms with Gasteiger partial charge >= 0.3 is 11.9 Å². The molecule has 0 saturated carbocycles. The van der Waals surface area contributed by atoms with Gasteiger partial charge in [-0.2, -0.15) is 11.8 Å². The van der Waals surface area contributed by atoms with Crippen molar-refractivity contribution in [3.8, 4) is 0 Å². The number of carbonyl (C=O) groups is 11. The number of aliphatic carboxylic acids is 2. The van der Waals surface area contributed by atoms with Crippen molar-refractivity contribution in [2.45, 2.75) is 147 Å². The Balaban J connectivity index is 6.16. The van der Waals surface area contributed by atoms with E-state index in [-0.39, 0.29) is 31.1 Å². The quantitative estimate of drug-likeness (QED) is 0.0291. The molecule has 0 aromatic rings. The predicted molar refractivity (Wildman–Crippen MR) is 246 cm³/mol. The summed E-state index contributed by atoms with van der Waals surface area (Å²) in [6, 6.07) is -14.2. The molecule has 0 fully saturated rings. The smallest absolute Gasteiger partial charge is 0.328 e. The Kier molecular flexibility index (Phi) is 29.5. The molecule has 0 aliphatic rings. The highest BCUT2D eigenvalue weighted by Crippen LogP contribution is 2.10. The first-order chi connectivity index (χ1) is 32.1. The summed E-state index contributed by atoms with van der Waals surface area (Å²) in [6.07, 6.45) is -2.61. The van der Waals surface area contributed by atoms with Crippen LogP contribution in [0.5, 0.6) is 0 Å². The molecule has 0 aliphatic carbocycles. The minimum Gasteiger partial charge on any atom is -0.481 e. The van der Waals surface area contributed by atoms with Crippen LogP contribution in [-0.4, -0.2) is 194 Å². The third kappa shape index (κ3) is 23.9. The van der Waals surface area contributed by atoms with Crippen molar-refractivity contribution in [2.24, 2.45) is 17.6 Å². The van der Waals surface area contributed by atoms with E-state index >= 15 is 0 Å². The van der Waals surface area contributed by atoms with Gasteiger partial charge in [0.05, 0.1) is 32.0 Å². The maximum atomic E-state index is 13.6. The zero-order chi connectivity index (χ0) is 53.3. The molecule has 0 aliphatic heterocycles. The number of hydrogen-bond acceptors (Lipinski definition) is 17. The number of thioether (sulfide) groups is 1.